The van der Waals surface area contributed by atoms with Crippen LogP contribution in [0.4, 0.5) is 0 Å². The number of hydrogen-bond donors (Lipinski definition) is 2. The number of rotatable bonds is 3. The molecule has 0 unspecified atom stereocenters. The van der Waals surface area contributed by atoms with Gasteiger partial charge in [-0.1, -0.05) is 18.2 Å². The maximum absolute atomic E-state index is 13.0. The summed E-state index contributed by atoms with van der Waals surface area (Å²) >= 11 is 0. The molecule has 2 heterocycles. The molecule has 7 rings (SSSR count). The van der Waals surface area contributed by atoms with Gasteiger partial charge in [-0.05, 0) is 91.5 Å². The van der Waals surface area contributed by atoms with Gasteiger partial charge in [0.1, 0.15) is 5.69 Å². The second kappa shape index (κ2) is 7.40. The van der Waals surface area contributed by atoms with Crippen molar-refractivity contribution in [2.45, 2.75) is 43.9 Å². The number of nitrogens with zero attached hydrogens (tertiary/aromatic N) is 2. The molecule has 6 nitrogen and oxygen atoms in total. The zero-order chi connectivity index (χ0) is 21.7. The van der Waals surface area contributed by atoms with Crippen molar-refractivity contribution in [1.29, 1.82) is 0 Å². The summed E-state index contributed by atoms with van der Waals surface area (Å²) in [6.07, 6.45) is 10.8. The van der Waals surface area contributed by atoms with E-state index < -0.39 is 5.91 Å². The molecule has 3 aromatic rings. The lowest BCUT2D eigenvalue weighted by Gasteiger charge is -2.57. The number of pyridine rings is 2. The van der Waals surface area contributed by atoms with Gasteiger partial charge >= 0.3 is 0 Å². The standard InChI is InChI=1S/C26H26N4O2/c31-24(19-5-7-27-8-6-19)29-30-25(32)23-12-21(20-3-1-2-4-22(20)28-23)26-13-16-9-17(14-26)11-18(10-16)15-26/h1-8,12,16-18H,9-11,13-15H2,(H,29,31)(H,30,32). The van der Waals surface area contributed by atoms with Crippen molar-refractivity contribution in [1.82, 2.24) is 20.8 Å². The Kier molecular flexibility index (Phi) is 4.49. The van der Waals surface area contributed by atoms with E-state index >= 15 is 0 Å². The fourth-order valence-electron chi connectivity index (χ4n) is 6.92. The number of hydrogen-bond acceptors (Lipinski definition) is 4. The van der Waals surface area contributed by atoms with Gasteiger partial charge in [-0.25, -0.2) is 4.98 Å². The van der Waals surface area contributed by atoms with Gasteiger partial charge in [-0.3, -0.25) is 25.4 Å². The van der Waals surface area contributed by atoms with E-state index in [9.17, 15) is 9.59 Å². The van der Waals surface area contributed by atoms with Gasteiger partial charge in [0.15, 0.2) is 0 Å². The van der Waals surface area contributed by atoms with Crippen LogP contribution in [-0.4, -0.2) is 21.8 Å². The minimum absolute atomic E-state index is 0.145. The third-order valence-electron chi connectivity index (χ3n) is 7.79. The van der Waals surface area contributed by atoms with Crippen LogP contribution in [0.3, 0.4) is 0 Å². The molecular formula is C26H26N4O2. The maximum atomic E-state index is 13.0. The summed E-state index contributed by atoms with van der Waals surface area (Å²) in [6, 6.07) is 13.3. The summed E-state index contributed by atoms with van der Waals surface area (Å²) in [5.41, 5.74) is 8.07. The number of carbonyl (C=O) groups excluding carboxylic acids is 2. The summed E-state index contributed by atoms with van der Waals surface area (Å²) in [4.78, 5) is 33.9. The lowest BCUT2D eigenvalue weighted by molar-refractivity contribution is -0.00454. The number of nitrogens with one attached hydrogen (secondary N) is 2. The van der Waals surface area contributed by atoms with Crippen molar-refractivity contribution >= 4 is 22.7 Å². The first-order valence-electron chi connectivity index (χ1n) is 11.5. The number of hydrazine groups is 1. The van der Waals surface area contributed by atoms with Crippen LogP contribution in [0.1, 0.15) is 64.9 Å². The fraction of sp³-hybridized carbons (Fsp3) is 0.385. The Morgan fingerprint density at radius 2 is 1.47 bits per heavy atom. The predicted octanol–water partition coefficient (Wildman–Crippen LogP) is 4.17. The molecule has 2 aromatic heterocycles. The highest BCUT2D eigenvalue weighted by Gasteiger charge is 2.52. The molecule has 0 spiro atoms. The molecule has 1 aromatic carbocycles. The number of aromatic nitrogens is 2. The number of fused-ring (bicyclic) bond motifs is 1. The first-order valence-corrected chi connectivity index (χ1v) is 11.5. The number of carbonyl (C=O) groups is 2. The monoisotopic (exact) mass is 426 g/mol. The number of para-hydroxylation sites is 1. The van der Waals surface area contributed by atoms with Crippen LogP contribution in [0.25, 0.3) is 10.9 Å². The Labute approximate surface area is 186 Å². The molecule has 4 aliphatic carbocycles. The fourth-order valence-corrected chi connectivity index (χ4v) is 6.92. The second-order valence-electron chi connectivity index (χ2n) is 9.91. The molecule has 6 heteroatoms. The first-order chi connectivity index (χ1) is 15.6. The van der Waals surface area contributed by atoms with Crippen LogP contribution in [0.5, 0.6) is 0 Å². The van der Waals surface area contributed by atoms with Gasteiger partial charge < -0.3 is 0 Å². The van der Waals surface area contributed by atoms with E-state index in [-0.39, 0.29) is 11.3 Å². The normalized spacial score (nSPS) is 27.9. The van der Waals surface area contributed by atoms with Gasteiger partial charge in [0, 0.05) is 23.3 Å². The quantitative estimate of drug-likeness (QED) is 0.616. The van der Waals surface area contributed by atoms with E-state index in [0.29, 0.717) is 11.3 Å². The Morgan fingerprint density at radius 1 is 0.844 bits per heavy atom. The van der Waals surface area contributed by atoms with Gasteiger partial charge in [-0.15, -0.1) is 0 Å². The molecule has 32 heavy (non-hydrogen) atoms. The topological polar surface area (TPSA) is 84.0 Å². The van der Waals surface area contributed by atoms with E-state index in [2.05, 4.69) is 33.0 Å². The molecule has 0 saturated heterocycles. The van der Waals surface area contributed by atoms with Crippen LogP contribution >= 0.6 is 0 Å². The Balaban J connectivity index is 1.33. The Bertz CT molecular complexity index is 1170. The highest BCUT2D eigenvalue weighted by Crippen LogP contribution is 2.61. The molecule has 2 N–H and O–H groups in total. The summed E-state index contributed by atoms with van der Waals surface area (Å²) in [5, 5.41) is 1.16. The zero-order valence-corrected chi connectivity index (χ0v) is 17.9. The van der Waals surface area contributed by atoms with E-state index in [0.717, 1.165) is 28.7 Å². The van der Waals surface area contributed by atoms with Crippen LogP contribution < -0.4 is 10.9 Å². The first kappa shape index (κ1) is 19.4. The second-order valence-corrected chi connectivity index (χ2v) is 9.91. The molecule has 4 saturated carbocycles. The highest BCUT2D eigenvalue weighted by atomic mass is 16.2. The largest absolute Gasteiger partial charge is 0.288 e. The molecule has 4 aliphatic rings. The molecular weight excluding hydrogens is 400 g/mol. The number of benzene rings is 1. The summed E-state index contributed by atoms with van der Waals surface area (Å²) < 4.78 is 0. The van der Waals surface area contributed by atoms with Crippen molar-refractivity contribution in [2.24, 2.45) is 17.8 Å². The van der Waals surface area contributed by atoms with Crippen molar-refractivity contribution in [3.63, 3.8) is 0 Å². The van der Waals surface area contributed by atoms with Crippen molar-refractivity contribution < 1.29 is 9.59 Å². The molecule has 162 valence electrons. The lowest BCUT2D eigenvalue weighted by atomic mass is 9.48. The summed E-state index contributed by atoms with van der Waals surface area (Å²) in [6.45, 7) is 0. The highest BCUT2D eigenvalue weighted by molar-refractivity contribution is 5.99. The predicted molar refractivity (Wildman–Crippen MR) is 121 cm³/mol. The Morgan fingerprint density at radius 3 is 2.16 bits per heavy atom. The minimum Gasteiger partial charge on any atom is -0.267 e. The SMILES string of the molecule is O=C(NNC(=O)c1cc(C23CC4CC(CC(C4)C2)C3)c2ccccc2n1)c1ccncc1. The number of amides is 2. The van der Waals surface area contributed by atoms with Crippen LogP contribution in [-0.2, 0) is 5.41 Å². The Hall–Kier alpha value is -3.28. The van der Waals surface area contributed by atoms with E-state index in [1.54, 1.807) is 24.5 Å². The van der Waals surface area contributed by atoms with Crippen LogP contribution in [0, 0.1) is 17.8 Å². The third kappa shape index (κ3) is 3.25. The van der Waals surface area contributed by atoms with Gasteiger partial charge in [0.2, 0.25) is 0 Å². The van der Waals surface area contributed by atoms with Crippen molar-refractivity contribution in [3.8, 4) is 0 Å². The molecule has 0 aliphatic heterocycles. The van der Waals surface area contributed by atoms with E-state index in [1.807, 2.05) is 18.2 Å². The van der Waals surface area contributed by atoms with Crippen molar-refractivity contribution in [2.75, 3.05) is 0 Å². The third-order valence-corrected chi connectivity index (χ3v) is 7.79. The molecule has 2 amide bonds. The molecule has 4 fully saturated rings. The molecule has 0 atom stereocenters. The molecule has 0 radical (unpaired) electrons. The zero-order valence-electron chi connectivity index (χ0n) is 17.9. The van der Waals surface area contributed by atoms with Gasteiger partial charge in [0.25, 0.3) is 11.8 Å². The van der Waals surface area contributed by atoms with E-state index in [4.69, 9.17) is 0 Å². The molecule has 4 bridgehead atoms. The van der Waals surface area contributed by atoms with Gasteiger partial charge in [-0.2, -0.15) is 0 Å². The minimum atomic E-state index is -0.399. The lowest BCUT2D eigenvalue weighted by Crippen LogP contribution is -2.48. The average Bonchev–Trinajstić information content (AvgIpc) is 2.81. The van der Waals surface area contributed by atoms with Crippen molar-refractivity contribution in [3.05, 3.63) is 71.7 Å². The maximum Gasteiger partial charge on any atom is 0.288 e. The average molecular weight is 427 g/mol. The summed E-state index contributed by atoms with van der Waals surface area (Å²) in [7, 11) is 0. The van der Waals surface area contributed by atoms with Crippen LogP contribution in [0.2, 0.25) is 0 Å². The van der Waals surface area contributed by atoms with Crippen LogP contribution in [0.15, 0.2) is 54.9 Å². The smallest absolute Gasteiger partial charge is 0.267 e. The summed E-state index contributed by atoms with van der Waals surface area (Å²) in [5.74, 6) is 1.65. The van der Waals surface area contributed by atoms with E-state index in [1.165, 1.54) is 44.1 Å². The van der Waals surface area contributed by atoms with Gasteiger partial charge in [0.05, 0.1) is 5.52 Å².